The van der Waals surface area contributed by atoms with Crippen LogP contribution in [0.2, 0.25) is 0 Å². The molecular weight excluding hydrogens is 1220 g/mol. The van der Waals surface area contributed by atoms with Crippen LogP contribution in [0.4, 0.5) is 0 Å². The fourth-order valence-electron chi connectivity index (χ4n) is 11.2. The fraction of sp³-hybridized carbons (Fsp3) is 0.946. The predicted octanol–water partition coefficient (Wildman–Crippen LogP) is 21.6. The van der Waals surface area contributed by atoms with Gasteiger partial charge in [0.15, 0.2) is 12.2 Å². The van der Waals surface area contributed by atoms with Gasteiger partial charge in [0.1, 0.15) is 19.3 Å². The van der Waals surface area contributed by atoms with E-state index in [4.69, 9.17) is 37.0 Å². The van der Waals surface area contributed by atoms with Gasteiger partial charge < -0.3 is 33.8 Å². The molecule has 0 fully saturated rings. The SMILES string of the molecule is CCCCCCCCCCCCCCCCCCCCCCC(=O)O[C@H](COC(=O)CCCCCCCCCCCCCCCCC(C)CC)COP(=O)(O)OC[C@@H](O)COP(=O)(O)OC[C@@H](COC(=O)CCCCCCC)OC(=O)CCCCCCCCC(C)CC. The van der Waals surface area contributed by atoms with Gasteiger partial charge in [-0.3, -0.25) is 37.3 Å². The maximum absolute atomic E-state index is 13.1. The highest BCUT2D eigenvalue weighted by molar-refractivity contribution is 7.47. The number of aliphatic hydroxyl groups is 1. The molecule has 0 aliphatic rings. The molecule has 0 rings (SSSR count). The second kappa shape index (κ2) is 66.0. The maximum Gasteiger partial charge on any atom is 0.472 e. The van der Waals surface area contributed by atoms with Crippen molar-refractivity contribution in [3.05, 3.63) is 0 Å². The third-order valence-electron chi connectivity index (χ3n) is 17.9. The topological polar surface area (TPSA) is 237 Å². The van der Waals surface area contributed by atoms with Crippen LogP contribution in [-0.4, -0.2) is 96.7 Å². The van der Waals surface area contributed by atoms with Gasteiger partial charge in [0.05, 0.1) is 26.4 Å². The molecule has 0 heterocycles. The Morgan fingerprint density at radius 1 is 0.301 bits per heavy atom. The number of unbranched alkanes of at least 4 members (excludes halogenated alkanes) is 41. The molecule has 0 bridgehead atoms. The Hall–Kier alpha value is -1.94. The molecule has 0 saturated carbocycles. The maximum atomic E-state index is 13.1. The minimum atomic E-state index is -4.95. The molecule has 17 nitrogen and oxygen atoms in total. The van der Waals surface area contributed by atoms with Crippen LogP contribution in [0, 0.1) is 11.8 Å². The van der Waals surface area contributed by atoms with E-state index in [-0.39, 0.29) is 25.7 Å². The van der Waals surface area contributed by atoms with Crippen molar-refractivity contribution in [2.75, 3.05) is 39.6 Å². The highest BCUT2D eigenvalue weighted by atomic mass is 31.2. The molecule has 0 saturated heterocycles. The van der Waals surface area contributed by atoms with Crippen molar-refractivity contribution in [3.8, 4) is 0 Å². The van der Waals surface area contributed by atoms with Crippen molar-refractivity contribution >= 4 is 39.5 Å². The van der Waals surface area contributed by atoms with E-state index in [1.54, 1.807) is 0 Å². The van der Waals surface area contributed by atoms with Gasteiger partial charge >= 0.3 is 39.5 Å². The normalized spacial score (nSPS) is 14.6. The van der Waals surface area contributed by atoms with Gasteiger partial charge in [0, 0.05) is 25.7 Å². The molecule has 552 valence electrons. The number of carbonyl (C=O) groups is 4. The molecule has 0 aromatic rings. The number of hydrogen-bond donors (Lipinski definition) is 3. The summed E-state index contributed by atoms with van der Waals surface area (Å²) in [7, 11) is -9.90. The van der Waals surface area contributed by atoms with Crippen LogP contribution < -0.4 is 0 Å². The molecule has 7 atom stereocenters. The van der Waals surface area contributed by atoms with E-state index in [0.717, 1.165) is 108 Å². The second-order valence-corrected chi connectivity index (χ2v) is 30.1. The molecule has 0 aromatic heterocycles. The standard InChI is InChI=1S/C74H144O17P2/c1-7-11-13-15-16-17-18-19-20-21-22-23-24-25-30-33-36-39-46-52-58-73(78)90-70(63-85-72(77)57-51-45-38-35-32-29-27-26-28-31-34-37-43-48-54-66(5)9-3)65-89-93(82,83)87-61-68(75)60-86-92(80,81)88-64-69(62-84-71(76)56-50-42-14-12-8-2)91-74(79)59-53-47-41-40-44-49-55-67(6)10-4/h66-70,75H,7-65H2,1-6H3,(H,80,81)(H,82,83)/t66?,67?,68-,69+,70+/m0/s1. The first-order valence-corrected chi connectivity index (χ1v) is 41.6. The van der Waals surface area contributed by atoms with E-state index < -0.39 is 97.5 Å². The van der Waals surface area contributed by atoms with Gasteiger partial charge in [-0.15, -0.1) is 0 Å². The van der Waals surface area contributed by atoms with E-state index in [2.05, 4.69) is 41.5 Å². The van der Waals surface area contributed by atoms with Crippen molar-refractivity contribution < 1.29 is 80.2 Å². The van der Waals surface area contributed by atoms with Crippen molar-refractivity contribution in [2.24, 2.45) is 11.8 Å². The lowest BCUT2D eigenvalue weighted by molar-refractivity contribution is -0.161. The van der Waals surface area contributed by atoms with Gasteiger partial charge in [-0.2, -0.15) is 0 Å². The molecular formula is C74H144O17P2. The Kier molecular flexibility index (Phi) is 64.6. The number of aliphatic hydroxyl groups excluding tert-OH is 1. The van der Waals surface area contributed by atoms with E-state index in [0.29, 0.717) is 25.7 Å². The van der Waals surface area contributed by atoms with Crippen LogP contribution in [0.25, 0.3) is 0 Å². The Bertz CT molecular complexity index is 1810. The molecule has 4 unspecified atom stereocenters. The Morgan fingerprint density at radius 3 is 0.763 bits per heavy atom. The van der Waals surface area contributed by atoms with Crippen LogP contribution >= 0.6 is 15.6 Å². The first-order valence-electron chi connectivity index (χ1n) is 38.6. The second-order valence-electron chi connectivity index (χ2n) is 27.2. The first kappa shape index (κ1) is 91.1. The van der Waals surface area contributed by atoms with Gasteiger partial charge in [-0.25, -0.2) is 9.13 Å². The van der Waals surface area contributed by atoms with Gasteiger partial charge in [-0.05, 0) is 37.5 Å². The smallest absolute Gasteiger partial charge is 0.462 e. The number of hydrogen-bond acceptors (Lipinski definition) is 15. The largest absolute Gasteiger partial charge is 0.472 e. The number of rotatable bonds is 73. The highest BCUT2D eigenvalue weighted by Gasteiger charge is 2.30. The monoisotopic (exact) mass is 1370 g/mol. The van der Waals surface area contributed by atoms with Crippen LogP contribution in [0.1, 0.15) is 382 Å². The Balaban J connectivity index is 5.13. The zero-order valence-corrected chi connectivity index (χ0v) is 62.3. The summed E-state index contributed by atoms with van der Waals surface area (Å²) in [5.41, 5.74) is 0. The molecule has 0 aliphatic heterocycles. The van der Waals surface area contributed by atoms with Gasteiger partial charge in [0.25, 0.3) is 0 Å². The van der Waals surface area contributed by atoms with Crippen molar-refractivity contribution in [1.29, 1.82) is 0 Å². The minimum absolute atomic E-state index is 0.102. The van der Waals surface area contributed by atoms with Crippen LogP contribution in [0.3, 0.4) is 0 Å². The summed E-state index contributed by atoms with van der Waals surface area (Å²) in [6.45, 7) is 9.49. The lowest BCUT2D eigenvalue weighted by atomic mass is 9.99. The molecule has 0 spiro atoms. The number of phosphoric acid groups is 2. The van der Waals surface area contributed by atoms with Crippen molar-refractivity contribution in [1.82, 2.24) is 0 Å². The predicted molar refractivity (Wildman–Crippen MR) is 377 cm³/mol. The average molecular weight is 1370 g/mol. The summed E-state index contributed by atoms with van der Waals surface area (Å²) in [4.78, 5) is 72.4. The van der Waals surface area contributed by atoms with Crippen LogP contribution in [0.15, 0.2) is 0 Å². The molecule has 0 amide bonds. The molecule has 19 heteroatoms. The van der Waals surface area contributed by atoms with E-state index >= 15 is 0 Å². The first-order chi connectivity index (χ1) is 44.9. The van der Waals surface area contributed by atoms with E-state index in [1.807, 2.05) is 0 Å². The summed E-state index contributed by atoms with van der Waals surface area (Å²) in [6, 6.07) is 0. The summed E-state index contributed by atoms with van der Waals surface area (Å²) in [6.07, 6.45) is 53.3. The van der Waals surface area contributed by atoms with Crippen molar-refractivity contribution in [2.45, 2.75) is 400 Å². The number of phosphoric ester groups is 2. The molecule has 0 aliphatic carbocycles. The zero-order chi connectivity index (χ0) is 68.6. The summed E-state index contributed by atoms with van der Waals surface area (Å²) in [5, 5.41) is 10.6. The van der Waals surface area contributed by atoms with Crippen molar-refractivity contribution in [3.63, 3.8) is 0 Å². The third-order valence-corrected chi connectivity index (χ3v) is 19.8. The lowest BCUT2D eigenvalue weighted by Crippen LogP contribution is -2.30. The molecule has 0 radical (unpaired) electrons. The quantitative estimate of drug-likeness (QED) is 0.0222. The summed E-state index contributed by atoms with van der Waals surface area (Å²) < 4.78 is 68.2. The fourth-order valence-corrected chi connectivity index (χ4v) is 12.8. The molecule has 3 N–H and O–H groups in total. The average Bonchev–Trinajstić information content (AvgIpc) is 3.45. The number of esters is 4. The van der Waals surface area contributed by atoms with Crippen LogP contribution in [-0.2, 0) is 65.4 Å². The number of ether oxygens (including phenoxy) is 4. The van der Waals surface area contributed by atoms with Gasteiger partial charge in [0.2, 0.25) is 0 Å². The Labute approximate surface area is 568 Å². The van der Waals surface area contributed by atoms with E-state index in [9.17, 15) is 43.2 Å². The zero-order valence-electron chi connectivity index (χ0n) is 60.6. The lowest BCUT2D eigenvalue weighted by Gasteiger charge is -2.21. The summed E-state index contributed by atoms with van der Waals surface area (Å²) >= 11 is 0. The third kappa shape index (κ3) is 65.8. The van der Waals surface area contributed by atoms with Crippen LogP contribution in [0.5, 0.6) is 0 Å². The minimum Gasteiger partial charge on any atom is -0.462 e. The molecule has 0 aromatic carbocycles. The molecule has 93 heavy (non-hydrogen) atoms. The summed E-state index contributed by atoms with van der Waals surface area (Å²) in [5.74, 6) is -0.563. The van der Waals surface area contributed by atoms with E-state index in [1.165, 1.54) is 193 Å². The number of carbonyl (C=O) groups excluding carboxylic acids is 4. The highest BCUT2D eigenvalue weighted by Crippen LogP contribution is 2.45. The van der Waals surface area contributed by atoms with Gasteiger partial charge in [-0.1, -0.05) is 330 Å². The Morgan fingerprint density at radius 2 is 0.516 bits per heavy atom.